The van der Waals surface area contributed by atoms with Crippen molar-refractivity contribution in [2.24, 2.45) is 5.92 Å². The van der Waals surface area contributed by atoms with Gasteiger partial charge in [-0.15, -0.1) is 11.8 Å². The third-order valence-corrected chi connectivity index (χ3v) is 3.72. The summed E-state index contributed by atoms with van der Waals surface area (Å²) in [5, 5.41) is 11.0. The number of benzene rings is 1. The van der Waals surface area contributed by atoms with Crippen molar-refractivity contribution in [1.82, 2.24) is 4.98 Å². The molecule has 2 rings (SSSR count). The largest absolute Gasteiger partial charge is 0.241 e. The van der Waals surface area contributed by atoms with Crippen molar-refractivity contribution in [3.8, 4) is 6.07 Å². The summed E-state index contributed by atoms with van der Waals surface area (Å²) in [4.78, 5) is 4.57. The third kappa shape index (κ3) is 2.78. The molecule has 0 radical (unpaired) electrons. The molecule has 3 heteroatoms. The van der Waals surface area contributed by atoms with Crippen LogP contribution < -0.4 is 0 Å². The van der Waals surface area contributed by atoms with Gasteiger partial charge in [0.05, 0.1) is 22.2 Å². The standard InChI is InChI=1S/C14H14N2S/c1-10(2)9-17-14-7-11(8-15)12-5-3-4-6-13(12)16-14/h3-7,10H,9H2,1-2H3. The SMILES string of the molecule is CC(C)CSc1cc(C#N)c2ccccc2n1. The molecule has 1 aromatic carbocycles. The Bertz CT molecular complexity index is 570. The van der Waals surface area contributed by atoms with Gasteiger partial charge in [-0.1, -0.05) is 32.0 Å². The average Bonchev–Trinajstić information content (AvgIpc) is 2.35. The van der Waals surface area contributed by atoms with Crippen molar-refractivity contribution in [3.63, 3.8) is 0 Å². The zero-order chi connectivity index (χ0) is 12.3. The molecule has 0 N–H and O–H groups in total. The molecule has 0 aliphatic heterocycles. The summed E-state index contributed by atoms with van der Waals surface area (Å²) in [6.45, 7) is 4.36. The molecule has 1 aromatic heterocycles. The molecular formula is C14H14N2S. The molecule has 2 nitrogen and oxygen atoms in total. The highest BCUT2D eigenvalue weighted by atomic mass is 32.2. The Morgan fingerprint density at radius 2 is 2.12 bits per heavy atom. The smallest absolute Gasteiger partial charge is 0.0999 e. The van der Waals surface area contributed by atoms with Crippen LogP contribution in [0.4, 0.5) is 0 Å². The molecule has 17 heavy (non-hydrogen) atoms. The van der Waals surface area contributed by atoms with E-state index < -0.39 is 0 Å². The number of thioether (sulfide) groups is 1. The van der Waals surface area contributed by atoms with Crippen molar-refractivity contribution in [1.29, 1.82) is 5.26 Å². The molecule has 0 amide bonds. The quantitative estimate of drug-likeness (QED) is 0.767. The second kappa shape index (κ2) is 5.20. The molecule has 0 atom stereocenters. The van der Waals surface area contributed by atoms with Crippen LogP contribution in [0.2, 0.25) is 0 Å². The van der Waals surface area contributed by atoms with Crippen LogP contribution in [-0.4, -0.2) is 10.7 Å². The van der Waals surface area contributed by atoms with Crippen LogP contribution in [0.5, 0.6) is 0 Å². The van der Waals surface area contributed by atoms with Gasteiger partial charge in [-0.25, -0.2) is 4.98 Å². The minimum Gasteiger partial charge on any atom is -0.241 e. The number of hydrogen-bond donors (Lipinski definition) is 0. The maximum absolute atomic E-state index is 9.15. The first-order valence-corrected chi connectivity index (χ1v) is 6.62. The van der Waals surface area contributed by atoms with Crippen LogP contribution in [0, 0.1) is 17.2 Å². The maximum atomic E-state index is 9.15. The van der Waals surface area contributed by atoms with E-state index in [4.69, 9.17) is 5.26 Å². The molecule has 0 unspecified atom stereocenters. The monoisotopic (exact) mass is 242 g/mol. The van der Waals surface area contributed by atoms with Gasteiger partial charge in [0.25, 0.3) is 0 Å². The summed E-state index contributed by atoms with van der Waals surface area (Å²) < 4.78 is 0. The number of pyridine rings is 1. The van der Waals surface area contributed by atoms with Gasteiger partial charge in [0.1, 0.15) is 0 Å². The van der Waals surface area contributed by atoms with Crippen LogP contribution in [-0.2, 0) is 0 Å². The van der Waals surface area contributed by atoms with Gasteiger partial charge in [-0.3, -0.25) is 0 Å². The van der Waals surface area contributed by atoms with Crippen LogP contribution in [0.3, 0.4) is 0 Å². The highest BCUT2D eigenvalue weighted by molar-refractivity contribution is 7.99. The lowest BCUT2D eigenvalue weighted by Crippen LogP contribution is -1.93. The Balaban J connectivity index is 2.43. The minimum atomic E-state index is 0.624. The van der Waals surface area contributed by atoms with Gasteiger partial charge < -0.3 is 0 Å². The van der Waals surface area contributed by atoms with Gasteiger partial charge in [0.2, 0.25) is 0 Å². The van der Waals surface area contributed by atoms with Gasteiger partial charge in [-0.2, -0.15) is 5.26 Å². The fourth-order valence-electron chi connectivity index (χ4n) is 1.57. The molecule has 0 spiro atoms. The first-order valence-electron chi connectivity index (χ1n) is 5.63. The van der Waals surface area contributed by atoms with Crippen molar-refractivity contribution in [2.75, 3.05) is 5.75 Å². The molecule has 0 bridgehead atoms. The predicted molar refractivity (Wildman–Crippen MR) is 72.0 cm³/mol. The van der Waals surface area contributed by atoms with E-state index >= 15 is 0 Å². The summed E-state index contributed by atoms with van der Waals surface area (Å²) in [7, 11) is 0. The minimum absolute atomic E-state index is 0.624. The van der Waals surface area contributed by atoms with Crippen molar-refractivity contribution < 1.29 is 0 Å². The normalized spacial score (nSPS) is 10.7. The molecule has 0 saturated carbocycles. The Morgan fingerprint density at radius 3 is 2.82 bits per heavy atom. The predicted octanol–water partition coefficient (Wildman–Crippen LogP) is 3.85. The summed E-state index contributed by atoms with van der Waals surface area (Å²) in [5.74, 6) is 1.65. The average molecular weight is 242 g/mol. The number of para-hydroxylation sites is 1. The molecule has 2 aromatic rings. The van der Waals surface area contributed by atoms with E-state index in [9.17, 15) is 0 Å². The first-order chi connectivity index (χ1) is 8.20. The Morgan fingerprint density at radius 1 is 1.35 bits per heavy atom. The van der Waals surface area contributed by atoms with E-state index in [1.165, 1.54) is 0 Å². The Labute approximate surface area is 106 Å². The first kappa shape index (κ1) is 11.9. The van der Waals surface area contributed by atoms with Crippen molar-refractivity contribution >= 4 is 22.7 Å². The van der Waals surface area contributed by atoms with Crippen LogP contribution in [0.15, 0.2) is 35.4 Å². The summed E-state index contributed by atoms with van der Waals surface area (Å²) in [6, 6.07) is 11.9. The summed E-state index contributed by atoms with van der Waals surface area (Å²) in [6.07, 6.45) is 0. The van der Waals surface area contributed by atoms with E-state index in [2.05, 4.69) is 24.9 Å². The van der Waals surface area contributed by atoms with Crippen LogP contribution in [0.1, 0.15) is 19.4 Å². The van der Waals surface area contributed by atoms with E-state index in [0.29, 0.717) is 11.5 Å². The third-order valence-electron chi connectivity index (χ3n) is 2.38. The lowest BCUT2D eigenvalue weighted by Gasteiger charge is -2.06. The zero-order valence-corrected chi connectivity index (χ0v) is 10.8. The zero-order valence-electron chi connectivity index (χ0n) is 9.97. The molecule has 0 fully saturated rings. The summed E-state index contributed by atoms with van der Waals surface area (Å²) in [5.41, 5.74) is 1.61. The lowest BCUT2D eigenvalue weighted by molar-refractivity contribution is 0.749. The van der Waals surface area contributed by atoms with E-state index in [-0.39, 0.29) is 0 Å². The highest BCUT2D eigenvalue weighted by Gasteiger charge is 2.06. The van der Waals surface area contributed by atoms with E-state index in [0.717, 1.165) is 21.7 Å². The molecule has 1 heterocycles. The number of hydrogen-bond acceptors (Lipinski definition) is 3. The van der Waals surface area contributed by atoms with Crippen molar-refractivity contribution in [2.45, 2.75) is 18.9 Å². The van der Waals surface area contributed by atoms with Crippen LogP contribution >= 0.6 is 11.8 Å². The fourth-order valence-corrected chi connectivity index (χ4v) is 2.44. The second-order valence-electron chi connectivity index (χ2n) is 4.34. The van der Waals surface area contributed by atoms with Gasteiger partial charge in [-0.05, 0) is 18.1 Å². The van der Waals surface area contributed by atoms with Gasteiger partial charge >= 0.3 is 0 Å². The number of fused-ring (bicyclic) bond motifs is 1. The highest BCUT2D eigenvalue weighted by Crippen LogP contribution is 2.24. The Hall–Kier alpha value is -1.53. The molecule has 0 aliphatic carbocycles. The molecular weight excluding hydrogens is 228 g/mol. The van der Waals surface area contributed by atoms with Gasteiger partial charge in [0.15, 0.2) is 0 Å². The van der Waals surface area contributed by atoms with Gasteiger partial charge in [0, 0.05) is 11.1 Å². The Kier molecular flexibility index (Phi) is 3.65. The second-order valence-corrected chi connectivity index (χ2v) is 5.38. The number of aromatic nitrogens is 1. The maximum Gasteiger partial charge on any atom is 0.0999 e. The van der Waals surface area contributed by atoms with E-state index in [1.807, 2.05) is 30.3 Å². The summed E-state index contributed by atoms with van der Waals surface area (Å²) >= 11 is 1.71. The number of nitriles is 1. The molecule has 0 saturated heterocycles. The number of nitrogens with zero attached hydrogens (tertiary/aromatic N) is 2. The molecule has 86 valence electrons. The fraction of sp³-hybridized carbons (Fsp3) is 0.286. The molecule has 0 aliphatic rings. The lowest BCUT2D eigenvalue weighted by atomic mass is 10.1. The number of rotatable bonds is 3. The van der Waals surface area contributed by atoms with Crippen LogP contribution in [0.25, 0.3) is 10.9 Å². The topological polar surface area (TPSA) is 36.7 Å². The van der Waals surface area contributed by atoms with Crippen molar-refractivity contribution in [3.05, 3.63) is 35.9 Å². The van der Waals surface area contributed by atoms with E-state index in [1.54, 1.807) is 11.8 Å².